The van der Waals surface area contributed by atoms with Gasteiger partial charge in [-0.1, -0.05) is 29.8 Å². The molecule has 1 amide bonds. The molecule has 0 unspecified atom stereocenters. The zero-order valence-corrected chi connectivity index (χ0v) is 22.4. The maximum Gasteiger partial charge on any atom is 0.262 e. The molecular weight excluding hydrogens is 530 g/mol. The molecule has 0 radical (unpaired) electrons. The highest BCUT2D eigenvalue weighted by Gasteiger charge is 2.21. The minimum Gasteiger partial charge on any atom is -0.480 e. The highest BCUT2D eigenvalue weighted by Crippen LogP contribution is 2.35. The number of hydrogen-bond acceptors (Lipinski definition) is 6. The standard InChI is InChI=1S/C26H29BrClN5O2/c1-16-9-10-18(17-6-5-12-33(2)13-11-17)22(14-16)30-26-29-15-19(25(32-26)35-3)24(34)31-23-20(27)7-4-8-21(23)28/h4,7-10,14-15,17H,5-6,11-13H2,1-3H3,(H,31,34)(H,29,30,32)/t17-/m0/s1. The van der Waals surface area contributed by atoms with Crippen LogP contribution in [0, 0.1) is 6.92 Å². The third-order valence-corrected chi connectivity index (χ3v) is 7.22. The number of aryl methyl sites for hydroxylation is 1. The van der Waals surface area contributed by atoms with Crippen LogP contribution < -0.4 is 15.4 Å². The summed E-state index contributed by atoms with van der Waals surface area (Å²) in [5.41, 5.74) is 4.08. The molecule has 1 fully saturated rings. The van der Waals surface area contributed by atoms with Gasteiger partial charge in [0.1, 0.15) is 5.56 Å². The van der Waals surface area contributed by atoms with E-state index < -0.39 is 5.91 Å². The van der Waals surface area contributed by atoms with Gasteiger partial charge in [-0.3, -0.25) is 4.79 Å². The summed E-state index contributed by atoms with van der Waals surface area (Å²) in [6.45, 7) is 4.27. The quantitative estimate of drug-likeness (QED) is 0.364. The summed E-state index contributed by atoms with van der Waals surface area (Å²) >= 11 is 9.65. The maximum atomic E-state index is 13.0. The molecule has 7 nitrogen and oxygen atoms in total. The van der Waals surface area contributed by atoms with E-state index in [1.807, 2.05) is 0 Å². The van der Waals surface area contributed by atoms with Crippen molar-refractivity contribution in [2.75, 3.05) is 37.9 Å². The number of hydrogen-bond donors (Lipinski definition) is 2. The molecule has 184 valence electrons. The van der Waals surface area contributed by atoms with Crippen LogP contribution in [0.25, 0.3) is 0 Å². The van der Waals surface area contributed by atoms with Gasteiger partial charge in [0.05, 0.1) is 17.8 Å². The minimum absolute atomic E-state index is 0.175. The number of nitrogens with one attached hydrogen (secondary N) is 2. The lowest BCUT2D eigenvalue weighted by molar-refractivity contribution is 0.102. The summed E-state index contributed by atoms with van der Waals surface area (Å²) in [5, 5.41) is 6.60. The second-order valence-corrected chi connectivity index (χ2v) is 10.1. The lowest BCUT2D eigenvalue weighted by Gasteiger charge is -2.20. The van der Waals surface area contributed by atoms with Crippen LogP contribution in [0.3, 0.4) is 0 Å². The summed E-state index contributed by atoms with van der Waals surface area (Å²) in [6, 6.07) is 11.8. The van der Waals surface area contributed by atoms with Crippen LogP contribution in [0.5, 0.6) is 5.88 Å². The number of halogens is 2. The second kappa shape index (κ2) is 11.4. The molecule has 1 atom stereocenters. The molecule has 4 rings (SSSR count). The topological polar surface area (TPSA) is 79.4 Å². The fourth-order valence-corrected chi connectivity index (χ4v) is 5.14. The van der Waals surface area contributed by atoms with Crippen molar-refractivity contribution in [3.05, 3.63) is 68.8 Å². The molecule has 1 aliphatic heterocycles. The third-order valence-electron chi connectivity index (χ3n) is 6.24. The Labute approximate surface area is 219 Å². The van der Waals surface area contributed by atoms with E-state index in [2.05, 4.69) is 73.6 Å². The summed E-state index contributed by atoms with van der Waals surface area (Å²) < 4.78 is 6.11. The van der Waals surface area contributed by atoms with Crippen molar-refractivity contribution in [3.63, 3.8) is 0 Å². The van der Waals surface area contributed by atoms with E-state index in [4.69, 9.17) is 16.3 Å². The van der Waals surface area contributed by atoms with Crippen molar-refractivity contribution in [2.45, 2.75) is 32.1 Å². The number of ether oxygens (including phenoxy) is 1. The van der Waals surface area contributed by atoms with Crippen LogP contribution in [0.4, 0.5) is 17.3 Å². The number of carbonyl (C=O) groups is 1. The predicted molar refractivity (Wildman–Crippen MR) is 144 cm³/mol. The van der Waals surface area contributed by atoms with Gasteiger partial charge in [-0.2, -0.15) is 4.98 Å². The molecule has 1 aliphatic rings. The molecule has 1 saturated heterocycles. The maximum absolute atomic E-state index is 13.0. The van der Waals surface area contributed by atoms with E-state index in [0.29, 0.717) is 27.0 Å². The Bertz CT molecular complexity index is 1200. The molecule has 2 N–H and O–H groups in total. The monoisotopic (exact) mass is 557 g/mol. The molecule has 0 aliphatic carbocycles. The van der Waals surface area contributed by atoms with Crippen molar-refractivity contribution >= 4 is 50.8 Å². The van der Waals surface area contributed by atoms with Gasteiger partial charge in [-0.15, -0.1) is 0 Å². The Morgan fingerprint density at radius 2 is 2.06 bits per heavy atom. The summed E-state index contributed by atoms with van der Waals surface area (Å²) in [6.07, 6.45) is 4.88. The number of para-hydroxylation sites is 1. The van der Waals surface area contributed by atoms with Crippen molar-refractivity contribution in [3.8, 4) is 5.88 Å². The first-order valence-electron chi connectivity index (χ1n) is 11.6. The number of amides is 1. The van der Waals surface area contributed by atoms with Crippen molar-refractivity contribution < 1.29 is 9.53 Å². The largest absolute Gasteiger partial charge is 0.480 e. The molecule has 35 heavy (non-hydrogen) atoms. The molecule has 2 heterocycles. The van der Waals surface area contributed by atoms with E-state index in [1.165, 1.54) is 25.3 Å². The van der Waals surface area contributed by atoms with Gasteiger partial charge in [0.2, 0.25) is 11.8 Å². The van der Waals surface area contributed by atoms with Gasteiger partial charge in [-0.05, 0) is 97.5 Å². The summed E-state index contributed by atoms with van der Waals surface area (Å²) in [4.78, 5) is 24.2. The first-order chi connectivity index (χ1) is 16.9. The molecule has 2 aromatic carbocycles. The van der Waals surface area contributed by atoms with Crippen molar-refractivity contribution in [1.29, 1.82) is 0 Å². The average Bonchev–Trinajstić information content (AvgIpc) is 3.05. The van der Waals surface area contributed by atoms with E-state index in [1.54, 1.807) is 18.2 Å². The zero-order valence-electron chi connectivity index (χ0n) is 20.1. The summed E-state index contributed by atoms with van der Waals surface area (Å²) in [7, 11) is 3.66. The van der Waals surface area contributed by atoms with Crippen LogP contribution in [-0.2, 0) is 0 Å². The fourth-order valence-electron chi connectivity index (χ4n) is 4.34. The molecular formula is C26H29BrClN5O2. The average molecular weight is 559 g/mol. The smallest absolute Gasteiger partial charge is 0.262 e. The van der Waals surface area contributed by atoms with Gasteiger partial charge in [0, 0.05) is 16.4 Å². The third kappa shape index (κ3) is 6.12. The Morgan fingerprint density at radius 1 is 1.23 bits per heavy atom. The SMILES string of the molecule is COc1nc(Nc2cc(C)ccc2[C@H]2CCCN(C)CC2)ncc1C(=O)Nc1c(Cl)cccc1Br. The molecule has 0 saturated carbocycles. The molecule has 0 bridgehead atoms. The number of aromatic nitrogens is 2. The van der Waals surface area contributed by atoms with Crippen LogP contribution in [-0.4, -0.2) is 48.0 Å². The predicted octanol–water partition coefficient (Wildman–Crippen LogP) is 6.40. The lowest BCUT2D eigenvalue weighted by Crippen LogP contribution is -2.18. The van der Waals surface area contributed by atoms with Gasteiger partial charge >= 0.3 is 0 Å². The van der Waals surface area contributed by atoms with Crippen LogP contribution >= 0.6 is 27.5 Å². The van der Waals surface area contributed by atoms with Gasteiger partial charge in [-0.25, -0.2) is 4.98 Å². The number of carbonyl (C=O) groups excluding carboxylic acids is 1. The number of methoxy groups -OCH3 is 1. The number of rotatable bonds is 6. The van der Waals surface area contributed by atoms with Crippen LogP contribution in [0.2, 0.25) is 5.02 Å². The zero-order chi connectivity index (χ0) is 24.9. The first-order valence-corrected chi connectivity index (χ1v) is 12.8. The van der Waals surface area contributed by atoms with Crippen LogP contribution in [0.15, 0.2) is 47.1 Å². The van der Waals surface area contributed by atoms with Gasteiger partial charge in [0.15, 0.2) is 0 Å². The van der Waals surface area contributed by atoms with Crippen LogP contribution in [0.1, 0.15) is 46.7 Å². The van der Waals surface area contributed by atoms with E-state index in [-0.39, 0.29) is 11.4 Å². The normalized spacial score (nSPS) is 16.4. The molecule has 3 aromatic rings. The van der Waals surface area contributed by atoms with E-state index >= 15 is 0 Å². The van der Waals surface area contributed by atoms with Crippen molar-refractivity contribution in [1.82, 2.24) is 14.9 Å². The Morgan fingerprint density at radius 3 is 2.83 bits per heavy atom. The Kier molecular flexibility index (Phi) is 8.26. The highest BCUT2D eigenvalue weighted by molar-refractivity contribution is 9.10. The second-order valence-electron chi connectivity index (χ2n) is 8.81. The Hall–Kier alpha value is -2.68. The number of nitrogens with zero attached hydrogens (tertiary/aromatic N) is 3. The van der Waals surface area contributed by atoms with Crippen molar-refractivity contribution in [2.24, 2.45) is 0 Å². The highest BCUT2D eigenvalue weighted by atomic mass is 79.9. The van der Waals surface area contributed by atoms with E-state index in [9.17, 15) is 4.79 Å². The molecule has 9 heteroatoms. The summed E-state index contributed by atoms with van der Waals surface area (Å²) in [5.74, 6) is 0.591. The molecule has 1 aromatic heterocycles. The number of benzene rings is 2. The first kappa shape index (κ1) is 25.4. The number of likely N-dealkylation sites (tertiary alicyclic amines) is 1. The Balaban J connectivity index is 1.58. The van der Waals surface area contributed by atoms with Gasteiger partial charge < -0.3 is 20.3 Å². The fraction of sp³-hybridized carbons (Fsp3) is 0.346. The minimum atomic E-state index is -0.416. The number of anilines is 3. The molecule has 0 spiro atoms. The van der Waals surface area contributed by atoms with E-state index in [0.717, 1.165) is 37.2 Å². The lowest BCUT2D eigenvalue weighted by atomic mass is 9.90. The van der Waals surface area contributed by atoms with Gasteiger partial charge in [0.25, 0.3) is 5.91 Å².